The Hall–Kier alpha value is -0.870. The minimum atomic E-state index is 0.196. The van der Waals surface area contributed by atoms with Crippen molar-refractivity contribution in [3.63, 3.8) is 0 Å². The van der Waals surface area contributed by atoms with E-state index < -0.39 is 0 Å². The van der Waals surface area contributed by atoms with Gasteiger partial charge < -0.3 is 10.2 Å². The number of halogens is 1. The Morgan fingerprint density at radius 2 is 1.89 bits per heavy atom. The number of hydrogen-bond acceptors (Lipinski definition) is 2. The second-order valence-electron chi connectivity index (χ2n) is 5.10. The topological polar surface area (TPSA) is 32.3 Å². The fourth-order valence-corrected chi connectivity index (χ4v) is 2.63. The summed E-state index contributed by atoms with van der Waals surface area (Å²) in [5, 5.41) is 3.31. The quantitative estimate of drug-likeness (QED) is 0.922. The molecule has 1 aliphatic heterocycles. The average molecular weight is 325 g/mol. The zero-order valence-electron chi connectivity index (χ0n) is 11.4. The van der Waals surface area contributed by atoms with Gasteiger partial charge in [0.05, 0.1) is 6.54 Å². The Morgan fingerprint density at radius 1 is 1.26 bits per heavy atom. The van der Waals surface area contributed by atoms with Crippen LogP contribution < -0.4 is 5.32 Å². The third-order valence-electron chi connectivity index (χ3n) is 3.64. The van der Waals surface area contributed by atoms with Crippen LogP contribution in [0.3, 0.4) is 0 Å². The average Bonchev–Trinajstić information content (AvgIpc) is 2.46. The van der Waals surface area contributed by atoms with Gasteiger partial charge in [-0.1, -0.05) is 28.1 Å². The van der Waals surface area contributed by atoms with Crippen molar-refractivity contribution in [2.24, 2.45) is 0 Å². The minimum Gasteiger partial charge on any atom is -0.342 e. The molecule has 19 heavy (non-hydrogen) atoms. The van der Waals surface area contributed by atoms with Crippen molar-refractivity contribution < 1.29 is 4.79 Å². The number of nitrogens with one attached hydrogen (secondary N) is 1. The van der Waals surface area contributed by atoms with Crippen molar-refractivity contribution >= 4 is 21.8 Å². The molecule has 2 rings (SSSR count). The molecule has 0 saturated carbocycles. The monoisotopic (exact) mass is 324 g/mol. The predicted molar refractivity (Wildman–Crippen MR) is 81.0 cm³/mol. The molecule has 1 aromatic carbocycles. The summed E-state index contributed by atoms with van der Waals surface area (Å²) in [6, 6.07) is 8.40. The number of likely N-dealkylation sites (tertiary alicyclic amines) is 1. The van der Waals surface area contributed by atoms with Gasteiger partial charge in [-0.15, -0.1) is 0 Å². The van der Waals surface area contributed by atoms with Gasteiger partial charge >= 0.3 is 0 Å². The van der Waals surface area contributed by atoms with Gasteiger partial charge in [0.15, 0.2) is 0 Å². The first-order valence-electron chi connectivity index (χ1n) is 6.93. The Labute approximate surface area is 123 Å². The number of carbonyl (C=O) groups excluding carboxylic acids is 1. The summed E-state index contributed by atoms with van der Waals surface area (Å²) >= 11 is 3.43. The van der Waals surface area contributed by atoms with E-state index >= 15 is 0 Å². The van der Waals surface area contributed by atoms with Crippen LogP contribution in [0.15, 0.2) is 28.7 Å². The molecule has 1 saturated heterocycles. The highest BCUT2D eigenvalue weighted by molar-refractivity contribution is 9.10. The van der Waals surface area contributed by atoms with E-state index in [0.717, 1.165) is 30.4 Å². The third kappa shape index (κ3) is 4.32. The summed E-state index contributed by atoms with van der Waals surface area (Å²) < 4.78 is 1.08. The van der Waals surface area contributed by atoms with Gasteiger partial charge in [-0.05, 0) is 43.9 Å². The summed E-state index contributed by atoms with van der Waals surface area (Å²) in [7, 11) is 0. The van der Waals surface area contributed by atoms with Crippen LogP contribution >= 0.6 is 15.9 Å². The van der Waals surface area contributed by atoms with E-state index in [-0.39, 0.29) is 11.9 Å². The maximum absolute atomic E-state index is 12.0. The van der Waals surface area contributed by atoms with Crippen molar-refractivity contribution in [2.45, 2.75) is 32.2 Å². The van der Waals surface area contributed by atoms with Crippen LogP contribution in [0.1, 0.15) is 37.8 Å². The molecule has 0 aromatic heterocycles. The summed E-state index contributed by atoms with van der Waals surface area (Å²) in [5.41, 5.74) is 1.20. The minimum absolute atomic E-state index is 0.196. The first-order chi connectivity index (χ1) is 9.16. The van der Waals surface area contributed by atoms with E-state index in [0.29, 0.717) is 6.54 Å². The lowest BCUT2D eigenvalue weighted by molar-refractivity contribution is -0.131. The molecule has 0 spiro atoms. The van der Waals surface area contributed by atoms with Crippen molar-refractivity contribution in [1.29, 1.82) is 0 Å². The zero-order chi connectivity index (χ0) is 13.7. The van der Waals surface area contributed by atoms with E-state index in [1.807, 2.05) is 17.0 Å². The van der Waals surface area contributed by atoms with Gasteiger partial charge in [-0.25, -0.2) is 0 Å². The van der Waals surface area contributed by atoms with Crippen molar-refractivity contribution in [1.82, 2.24) is 10.2 Å². The lowest BCUT2D eigenvalue weighted by Gasteiger charge is -2.27. The summed E-state index contributed by atoms with van der Waals surface area (Å²) in [5.74, 6) is 0.226. The van der Waals surface area contributed by atoms with Crippen LogP contribution in [-0.2, 0) is 4.79 Å². The maximum Gasteiger partial charge on any atom is 0.236 e. The fourth-order valence-electron chi connectivity index (χ4n) is 2.36. The standard InChI is InChI=1S/C15H21BrN2O/c1-12(13-5-7-14(16)8-6-13)17-11-15(19)18-9-3-2-4-10-18/h5-8,12,17H,2-4,9-11H2,1H3/t12-/m0/s1. The molecule has 1 atom stereocenters. The summed E-state index contributed by atoms with van der Waals surface area (Å²) in [6.07, 6.45) is 3.55. The molecular weight excluding hydrogens is 304 g/mol. The number of carbonyl (C=O) groups is 1. The molecule has 4 heteroatoms. The maximum atomic E-state index is 12.0. The van der Waals surface area contributed by atoms with E-state index in [1.165, 1.54) is 12.0 Å². The highest BCUT2D eigenvalue weighted by atomic mass is 79.9. The zero-order valence-corrected chi connectivity index (χ0v) is 12.9. The normalized spacial score (nSPS) is 17.3. The molecule has 1 amide bonds. The number of nitrogens with zero attached hydrogens (tertiary/aromatic N) is 1. The van der Waals surface area contributed by atoms with E-state index in [1.54, 1.807) is 0 Å². The van der Waals surface area contributed by atoms with Crippen LogP contribution in [0.4, 0.5) is 0 Å². The fraction of sp³-hybridized carbons (Fsp3) is 0.533. The molecule has 0 radical (unpaired) electrons. The summed E-state index contributed by atoms with van der Waals surface area (Å²) in [6.45, 7) is 4.37. The SMILES string of the molecule is C[C@H](NCC(=O)N1CCCCC1)c1ccc(Br)cc1. The predicted octanol–water partition coefficient (Wildman–Crippen LogP) is 3.11. The van der Waals surface area contributed by atoms with E-state index in [4.69, 9.17) is 0 Å². The smallest absolute Gasteiger partial charge is 0.236 e. The summed E-state index contributed by atoms with van der Waals surface area (Å²) in [4.78, 5) is 14.0. The van der Waals surface area contributed by atoms with Crippen molar-refractivity contribution in [2.75, 3.05) is 19.6 Å². The third-order valence-corrected chi connectivity index (χ3v) is 4.17. The van der Waals surface area contributed by atoms with Gasteiger partial charge in [0.2, 0.25) is 5.91 Å². The lowest BCUT2D eigenvalue weighted by Crippen LogP contribution is -2.41. The Kier molecular flexibility index (Phi) is 5.40. The van der Waals surface area contributed by atoms with E-state index in [9.17, 15) is 4.79 Å². The molecule has 1 heterocycles. The number of hydrogen-bond donors (Lipinski definition) is 1. The van der Waals surface area contributed by atoms with Crippen molar-refractivity contribution in [3.05, 3.63) is 34.3 Å². The molecule has 0 aliphatic carbocycles. The molecule has 1 fully saturated rings. The molecule has 104 valence electrons. The first kappa shape index (κ1) is 14.5. The molecule has 0 unspecified atom stereocenters. The van der Waals surface area contributed by atoms with Crippen LogP contribution in [0, 0.1) is 0 Å². The van der Waals surface area contributed by atoms with Gasteiger partial charge in [-0.3, -0.25) is 4.79 Å². The van der Waals surface area contributed by atoms with Gasteiger partial charge in [-0.2, -0.15) is 0 Å². The number of benzene rings is 1. The van der Waals surface area contributed by atoms with Crippen LogP contribution in [-0.4, -0.2) is 30.4 Å². The Bertz CT molecular complexity index is 413. The first-order valence-corrected chi connectivity index (χ1v) is 7.73. The lowest BCUT2D eigenvalue weighted by atomic mass is 10.1. The van der Waals surface area contributed by atoms with Crippen LogP contribution in [0.2, 0.25) is 0 Å². The molecule has 1 aliphatic rings. The second-order valence-corrected chi connectivity index (χ2v) is 6.01. The molecule has 3 nitrogen and oxygen atoms in total. The van der Waals surface area contributed by atoms with Crippen LogP contribution in [0.5, 0.6) is 0 Å². The van der Waals surface area contributed by atoms with Gasteiger partial charge in [0, 0.05) is 23.6 Å². The van der Waals surface area contributed by atoms with Crippen molar-refractivity contribution in [3.8, 4) is 0 Å². The second kappa shape index (κ2) is 7.06. The highest BCUT2D eigenvalue weighted by Crippen LogP contribution is 2.16. The van der Waals surface area contributed by atoms with Gasteiger partial charge in [0.1, 0.15) is 0 Å². The molecular formula is C15H21BrN2O. The van der Waals surface area contributed by atoms with E-state index in [2.05, 4.69) is 40.3 Å². The van der Waals surface area contributed by atoms with Crippen LogP contribution in [0.25, 0.3) is 0 Å². The molecule has 1 N–H and O–H groups in total. The number of rotatable bonds is 4. The Morgan fingerprint density at radius 3 is 2.53 bits per heavy atom. The van der Waals surface area contributed by atoms with Gasteiger partial charge in [0.25, 0.3) is 0 Å². The largest absolute Gasteiger partial charge is 0.342 e. The number of piperidine rings is 1. The molecule has 1 aromatic rings. The Balaban J connectivity index is 1.80. The molecule has 0 bridgehead atoms. The highest BCUT2D eigenvalue weighted by Gasteiger charge is 2.16. The number of amides is 1.